The van der Waals surface area contributed by atoms with Gasteiger partial charge in [-0.15, -0.1) is 0 Å². The number of nitrogens with zero attached hydrogens (tertiary/aromatic N) is 4. The second kappa shape index (κ2) is 11.7. The van der Waals surface area contributed by atoms with Crippen LogP contribution in [0.1, 0.15) is 67.9 Å². The van der Waals surface area contributed by atoms with E-state index in [1.165, 1.54) is 122 Å². The summed E-state index contributed by atoms with van der Waals surface area (Å²) in [5.74, 6) is 0. The molecule has 4 nitrogen and oxygen atoms in total. The molecule has 0 unspecified atom stereocenters. The van der Waals surface area contributed by atoms with Crippen LogP contribution in [0, 0.1) is 0 Å². The minimum atomic E-state index is -0.144. The molecule has 0 spiro atoms. The maximum absolute atomic E-state index is 2.59. The lowest BCUT2D eigenvalue weighted by Crippen LogP contribution is -2.15. The molecule has 14 rings (SSSR count). The normalized spacial score (nSPS) is 15.5. The summed E-state index contributed by atoms with van der Waals surface area (Å²) in [5.41, 5.74) is 21.7. The van der Waals surface area contributed by atoms with Crippen molar-refractivity contribution in [3.63, 3.8) is 0 Å². The van der Waals surface area contributed by atoms with E-state index in [1.54, 1.807) is 0 Å². The smallest absolute Gasteiger partial charge is 0.0545 e. The Balaban J connectivity index is 1.02. The van der Waals surface area contributed by atoms with E-state index >= 15 is 0 Å². The van der Waals surface area contributed by atoms with Crippen molar-refractivity contribution in [1.29, 1.82) is 0 Å². The predicted molar refractivity (Wildman–Crippen MR) is 258 cm³/mol. The Labute approximate surface area is 360 Å². The van der Waals surface area contributed by atoms with E-state index in [9.17, 15) is 0 Å². The van der Waals surface area contributed by atoms with Gasteiger partial charge in [0.05, 0.1) is 39.0 Å². The van der Waals surface area contributed by atoms with Crippen LogP contribution in [0.4, 0.5) is 0 Å². The number of aromatic nitrogens is 4. The van der Waals surface area contributed by atoms with Gasteiger partial charge < -0.3 is 18.3 Å². The van der Waals surface area contributed by atoms with Gasteiger partial charge in [0.2, 0.25) is 0 Å². The third kappa shape index (κ3) is 4.31. The molecule has 62 heavy (non-hydrogen) atoms. The van der Waals surface area contributed by atoms with E-state index in [0.717, 1.165) is 12.8 Å². The number of fused-ring (bicyclic) bond motifs is 16. The molecular formula is C58H44N4. The molecule has 4 aromatic heterocycles. The second-order valence-corrected chi connectivity index (χ2v) is 19.0. The molecule has 0 fully saturated rings. The number of allylic oxidation sites excluding steroid dienone is 1. The molecule has 296 valence electrons. The van der Waals surface area contributed by atoms with Gasteiger partial charge in [0.25, 0.3) is 0 Å². The standard InChI is InChI=1S/C58H44N4/c1-57(2)45-33-51-43(31-53(45)61-47-21-13-11-15-37(47)29-55(57)61)41-27-35(23-25-49(41)59(51)39-17-7-5-8-18-39)36-24-26-50-42(28-36)44-32-54-46(34-52(44)60(50)40-19-9-6-10-20-40)58(3,4)56-30-38-16-12-14-22-48(38)62(54)56/h5-13,15-21,23-34H,14,22H2,1-4H3. The third-order valence-electron chi connectivity index (χ3n) is 14.9. The lowest BCUT2D eigenvalue weighted by atomic mass is 9.82. The highest BCUT2D eigenvalue weighted by Crippen LogP contribution is 2.51. The molecule has 1 aliphatic carbocycles. The van der Waals surface area contributed by atoms with Crippen molar-refractivity contribution < 1.29 is 0 Å². The first-order valence-corrected chi connectivity index (χ1v) is 22.2. The van der Waals surface area contributed by atoms with Gasteiger partial charge >= 0.3 is 0 Å². The van der Waals surface area contributed by atoms with Crippen LogP contribution in [0.3, 0.4) is 0 Å². The zero-order chi connectivity index (χ0) is 41.2. The summed E-state index contributed by atoms with van der Waals surface area (Å²) in [4.78, 5) is 0. The van der Waals surface area contributed by atoms with E-state index in [-0.39, 0.29) is 10.8 Å². The van der Waals surface area contributed by atoms with Crippen LogP contribution in [-0.4, -0.2) is 18.3 Å². The van der Waals surface area contributed by atoms with E-state index < -0.39 is 0 Å². The van der Waals surface area contributed by atoms with Crippen molar-refractivity contribution in [3.05, 3.63) is 198 Å². The van der Waals surface area contributed by atoms with Crippen LogP contribution in [-0.2, 0) is 17.3 Å². The van der Waals surface area contributed by atoms with E-state index in [4.69, 9.17) is 0 Å². The van der Waals surface area contributed by atoms with Gasteiger partial charge in [-0.3, -0.25) is 0 Å². The quantitative estimate of drug-likeness (QED) is 0.170. The molecule has 7 aromatic carbocycles. The van der Waals surface area contributed by atoms with Crippen molar-refractivity contribution in [2.45, 2.75) is 51.4 Å². The fourth-order valence-electron chi connectivity index (χ4n) is 11.8. The van der Waals surface area contributed by atoms with Gasteiger partial charge in [-0.05, 0) is 132 Å². The lowest BCUT2D eigenvalue weighted by molar-refractivity contribution is 0.640. The topological polar surface area (TPSA) is 19.7 Å². The maximum atomic E-state index is 2.59. The minimum absolute atomic E-state index is 0.113. The number of benzene rings is 7. The van der Waals surface area contributed by atoms with Gasteiger partial charge in [-0.25, -0.2) is 0 Å². The summed E-state index contributed by atoms with van der Waals surface area (Å²) in [6.07, 6.45) is 6.81. The molecule has 2 aliphatic heterocycles. The van der Waals surface area contributed by atoms with E-state index in [0.29, 0.717) is 0 Å². The van der Waals surface area contributed by atoms with Crippen molar-refractivity contribution in [2.24, 2.45) is 0 Å². The SMILES string of the molecule is CC1(C)c2cc3c(cc2-n2c1cc1c2CCC=C1)c1cc(-c2ccc4c(c2)c2cc5c(cc2n4-c2ccccc2)C(C)(C)c2cc4ccccc4n2-5)ccc1n3-c1ccccc1. The zero-order valence-electron chi connectivity index (χ0n) is 35.4. The van der Waals surface area contributed by atoms with Gasteiger partial charge in [-0.2, -0.15) is 0 Å². The molecule has 6 heterocycles. The predicted octanol–water partition coefficient (Wildman–Crippen LogP) is 14.5. The Morgan fingerprint density at radius 2 is 0.935 bits per heavy atom. The van der Waals surface area contributed by atoms with Crippen molar-refractivity contribution in [3.8, 4) is 33.9 Å². The van der Waals surface area contributed by atoms with Crippen LogP contribution >= 0.6 is 0 Å². The zero-order valence-corrected chi connectivity index (χ0v) is 35.4. The molecule has 0 atom stereocenters. The van der Waals surface area contributed by atoms with E-state index in [1.807, 2.05) is 0 Å². The summed E-state index contributed by atoms with van der Waals surface area (Å²) in [5, 5.41) is 6.38. The molecule has 0 radical (unpaired) electrons. The maximum Gasteiger partial charge on any atom is 0.0545 e. The number of rotatable bonds is 3. The Bertz CT molecular complexity index is 3780. The molecule has 0 saturated carbocycles. The molecular weight excluding hydrogens is 753 g/mol. The van der Waals surface area contributed by atoms with Crippen molar-refractivity contribution >= 4 is 60.6 Å². The van der Waals surface area contributed by atoms with Crippen LogP contribution in [0.25, 0.3) is 94.5 Å². The molecule has 0 N–H and O–H groups in total. The molecule has 4 heteroatoms. The molecule has 0 saturated heterocycles. The molecule has 3 aliphatic rings. The average molecular weight is 797 g/mol. The van der Waals surface area contributed by atoms with E-state index in [2.05, 4.69) is 216 Å². The number of para-hydroxylation sites is 3. The molecule has 0 bridgehead atoms. The summed E-state index contributed by atoms with van der Waals surface area (Å²) in [6.45, 7) is 9.56. The Kier molecular flexibility index (Phi) is 6.52. The number of hydrogen-bond donors (Lipinski definition) is 0. The summed E-state index contributed by atoms with van der Waals surface area (Å²) < 4.78 is 10.1. The average Bonchev–Trinajstić information content (AvgIpc) is 4.12. The van der Waals surface area contributed by atoms with Gasteiger partial charge in [-0.1, -0.05) is 107 Å². The monoisotopic (exact) mass is 796 g/mol. The highest BCUT2D eigenvalue weighted by Gasteiger charge is 2.40. The van der Waals surface area contributed by atoms with Crippen LogP contribution < -0.4 is 0 Å². The summed E-state index contributed by atoms with van der Waals surface area (Å²) in [6, 6.07) is 59.7. The summed E-state index contributed by atoms with van der Waals surface area (Å²) >= 11 is 0. The summed E-state index contributed by atoms with van der Waals surface area (Å²) in [7, 11) is 0. The lowest BCUT2D eigenvalue weighted by Gasteiger charge is -2.19. The first kappa shape index (κ1) is 34.4. The van der Waals surface area contributed by atoms with Gasteiger partial charge in [0.15, 0.2) is 0 Å². The number of hydrogen-bond acceptors (Lipinski definition) is 0. The minimum Gasteiger partial charge on any atom is -0.316 e. The fraction of sp³-hybridized carbons (Fsp3) is 0.138. The Morgan fingerprint density at radius 3 is 1.53 bits per heavy atom. The third-order valence-corrected chi connectivity index (χ3v) is 14.9. The fourth-order valence-corrected chi connectivity index (χ4v) is 11.8. The van der Waals surface area contributed by atoms with Crippen molar-refractivity contribution in [2.75, 3.05) is 0 Å². The van der Waals surface area contributed by atoms with Gasteiger partial charge in [0, 0.05) is 66.2 Å². The van der Waals surface area contributed by atoms with Crippen LogP contribution in [0.15, 0.2) is 164 Å². The largest absolute Gasteiger partial charge is 0.316 e. The van der Waals surface area contributed by atoms with Gasteiger partial charge in [0.1, 0.15) is 0 Å². The Morgan fingerprint density at radius 1 is 0.419 bits per heavy atom. The highest BCUT2D eigenvalue weighted by molar-refractivity contribution is 6.14. The second-order valence-electron chi connectivity index (χ2n) is 19.0. The highest BCUT2D eigenvalue weighted by atomic mass is 15.1. The Hall–Kier alpha value is -7.30. The first-order valence-electron chi connectivity index (χ1n) is 22.2. The van der Waals surface area contributed by atoms with Crippen LogP contribution in [0.5, 0.6) is 0 Å². The van der Waals surface area contributed by atoms with Crippen LogP contribution in [0.2, 0.25) is 0 Å². The first-order chi connectivity index (χ1) is 30.3. The molecule has 11 aromatic rings. The molecule has 0 amide bonds. The van der Waals surface area contributed by atoms with Crippen molar-refractivity contribution in [1.82, 2.24) is 18.3 Å².